The van der Waals surface area contributed by atoms with Gasteiger partial charge in [0.15, 0.2) is 6.61 Å². The first-order valence-electron chi connectivity index (χ1n) is 9.40. The van der Waals surface area contributed by atoms with Crippen LogP contribution in [0.1, 0.15) is 5.89 Å². The molecule has 2 heterocycles. The molecule has 0 aliphatic heterocycles. The van der Waals surface area contributed by atoms with Crippen molar-refractivity contribution in [3.63, 3.8) is 0 Å². The number of rotatable bonds is 6. The van der Waals surface area contributed by atoms with Crippen molar-refractivity contribution in [1.82, 2.24) is 15.2 Å². The number of anilines is 2. The predicted molar refractivity (Wildman–Crippen MR) is 117 cm³/mol. The first-order valence-corrected chi connectivity index (χ1v) is 9.78. The minimum absolute atomic E-state index is 0.162. The van der Waals surface area contributed by atoms with Crippen LogP contribution in [0, 0.1) is 0 Å². The quantitative estimate of drug-likeness (QED) is 0.345. The van der Waals surface area contributed by atoms with Crippen molar-refractivity contribution in [1.29, 1.82) is 0 Å². The highest BCUT2D eigenvalue weighted by atomic mass is 35.5. The molecule has 2 aromatic heterocycles. The number of aromatic amines is 1. The minimum Gasteiger partial charge on any atom is -0.484 e. The van der Waals surface area contributed by atoms with E-state index in [9.17, 15) is 0 Å². The average Bonchev–Trinajstić information content (AvgIpc) is 3.39. The second-order valence-corrected chi connectivity index (χ2v) is 7.09. The molecule has 0 atom stereocenters. The summed E-state index contributed by atoms with van der Waals surface area (Å²) in [7, 11) is 0. The standard InChI is InChI=1S/C23H17ClN4O2/c24-16-10-12-17(13-11-16)29-14-20-27-28-23(30-20)26-22-18-8-4-5-9-19(18)25-21(22)15-6-2-1-3-7-15/h1-13,25H,14H2,(H,26,28). The van der Waals surface area contributed by atoms with E-state index < -0.39 is 0 Å². The maximum absolute atomic E-state index is 5.89. The van der Waals surface area contributed by atoms with Crippen molar-refractivity contribution >= 4 is 34.2 Å². The zero-order chi connectivity index (χ0) is 20.3. The lowest BCUT2D eigenvalue weighted by Crippen LogP contribution is -1.95. The molecular formula is C23H17ClN4O2. The molecule has 0 fully saturated rings. The molecule has 0 aliphatic carbocycles. The van der Waals surface area contributed by atoms with E-state index in [1.807, 2.05) is 42.5 Å². The summed E-state index contributed by atoms with van der Waals surface area (Å²) in [6.45, 7) is 0.162. The largest absolute Gasteiger partial charge is 0.484 e. The molecule has 30 heavy (non-hydrogen) atoms. The van der Waals surface area contributed by atoms with Gasteiger partial charge < -0.3 is 19.5 Å². The number of halogens is 1. The van der Waals surface area contributed by atoms with Gasteiger partial charge in [0.25, 0.3) is 5.89 Å². The van der Waals surface area contributed by atoms with E-state index in [2.05, 4.69) is 32.6 Å². The molecule has 0 amide bonds. The molecule has 7 heteroatoms. The van der Waals surface area contributed by atoms with Crippen LogP contribution in [-0.4, -0.2) is 15.2 Å². The van der Waals surface area contributed by atoms with Gasteiger partial charge in [-0.3, -0.25) is 0 Å². The average molecular weight is 417 g/mol. The minimum atomic E-state index is 0.162. The summed E-state index contributed by atoms with van der Waals surface area (Å²) >= 11 is 5.89. The number of benzene rings is 3. The Labute approximate surface area is 177 Å². The Morgan fingerprint density at radius 1 is 0.900 bits per heavy atom. The molecule has 0 unspecified atom stereocenters. The molecule has 0 spiro atoms. The van der Waals surface area contributed by atoms with Crippen molar-refractivity contribution in [2.24, 2.45) is 0 Å². The molecule has 5 aromatic rings. The van der Waals surface area contributed by atoms with Crippen LogP contribution < -0.4 is 10.1 Å². The van der Waals surface area contributed by atoms with E-state index in [1.165, 1.54) is 0 Å². The maximum Gasteiger partial charge on any atom is 0.320 e. The van der Waals surface area contributed by atoms with E-state index in [4.69, 9.17) is 20.8 Å². The number of aromatic nitrogens is 3. The Morgan fingerprint density at radius 3 is 2.50 bits per heavy atom. The number of nitrogens with one attached hydrogen (secondary N) is 2. The summed E-state index contributed by atoms with van der Waals surface area (Å²) in [5.41, 5.74) is 3.91. The van der Waals surface area contributed by atoms with E-state index in [0.717, 1.165) is 27.8 Å². The van der Waals surface area contributed by atoms with Crippen molar-refractivity contribution in [3.05, 3.63) is 89.8 Å². The highest BCUT2D eigenvalue weighted by Crippen LogP contribution is 2.36. The van der Waals surface area contributed by atoms with E-state index in [1.54, 1.807) is 24.3 Å². The first-order chi connectivity index (χ1) is 14.8. The lowest BCUT2D eigenvalue weighted by molar-refractivity contribution is 0.265. The van der Waals surface area contributed by atoms with Gasteiger partial charge in [-0.05, 0) is 30.3 Å². The maximum atomic E-state index is 5.89. The Hall–Kier alpha value is -3.77. The topological polar surface area (TPSA) is 76.0 Å². The molecule has 148 valence electrons. The van der Waals surface area contributed by atoms with Crippen LogP contribution in [0.2, 0.25) is 5.02 Å². The van der Waals surface area contributed by atoms with Crippen molar-refractivity contribution < 1.29 is 9.15 Å². The molecule has 2 N–H and O–H groups in total. The molecular weight excluding hydrogens is 400 g/mol. The number of H-pyrrole nitrogens is 1. The van der Waals surface area contributed by atoms with Crippen LogP contribution in [0.4, 0.5) is 11.7 Å². The normalized spacial score (nSPS) is 11.0. The highest BCUT2D eigenvalue weighted by Gasteiger charge is 2.16. The second-order valence-electron chi connectivity index (χ2n) is 6.66. The summed E-state index contributed by atoms with van der Waals surface area (Å²) in [6.07, 6.45) is 0. The fraction of sp³-hybridized carbons (Fsp3) is 0.0435. The lowest BCUT2D eigenvalue weighted by atomic mass is 10.1. The van der Waals surface area contributed by atoms with Crippen LogP contribution in [0.5, 0.6) is 5.75 Å². The predicted octanol–water partition coefficient (Wildman–Crippen LogP) is 6.19. The van der Waals surface area contributed by atoms with Crippen molar-refractivity contribution in [2.45, 2.75) is 6.61 Å². The second kappa shape index (κ2) is 7.93. The van der Waals surface area contributed by atoms with Gasteiger partial charge in [0.05, 0.1) is 11.4 Å². The fourth-order valence-electron chi connectivity index (χ4n) is 3.24. The van der Waals surface area contributed by atoms with Gasteiger partial charge in [0.1, 0.15) is 5.75 Å². The SMILES string of the molecule is Clc1ccc(OCc2nnc(Nc3c(-c4ccccc4)[nH]c4ccccc34)o2)cc1. The third kappa shape index (κ3) is 3.73. The Kier molecular flexibility index (Phi) is 4.83. The Morgan fingerprint density at radius 2 is 1.67 bits per heavy atom. The molecule has 0 bridgehead atoms. The Balaban J connectivity index is 1.40. The summed E-state index contributed by atoms with van der Waals surface area (Å²) in [5.74, 6) is 1.05. The summed E-state index contributed by atoms with van der Waals surface area (Å²) in [4.78, 5) is 3.47. The molecule has 3 aromatic carbocycles. The lowest BCUT2D eigenvalue weighted by Gasteiger charge is -2.05. The van der Waals surface area contributed by atoms with Gasteiger partial charge in [-0.1, -0.05) is 65.2 Å². The van der Waals surface area contributed by atoms with E-state index >= 15 is 0 Å². The van der Waals surface area contributed by atoms with Gasteiger partial charge in [-0.25, -0.2) is 0 Å². The van der Waals surface area contributed by atoms with Gasteiger partial charge in [-0.15, -0.1) is 5.10 Å². The summed E-state index contributed by atoms with van der Waals surface area (Å²) < 4.78 is 11.4. The molecule has 0 saturated heterocycles. The molecule has 0 saturated carbocycles. The van der Waals surface area contributed by atoms with Crippen LogP contribution in [0.3, 0.4) is 0 Å². The van der Waals surface area contributed by atoms with E-state index in [0.29, 0.717) is 22.7 Å². The van der Waals surface area contributed by atoms with Gasteiger partial charge in [0.2, 0.25) is 0 Å². The van der Waals surface area contributed by atoms with Crippen molar-refractivity contribution in [3.8, 4) is 17.0 Å². The van der Waals surface area contributed by atoms with Crippen LogP contribution in [0.25, 0.3) is 22.2 Å². The van der Waals surface area contributed by atoms with Gasteiger partial charge in [0, 0.05) is 21.5 Å². The third-order valence-corrected chi connectivity index (χ3v) is 4.90. The number of fused-ring (bicyclic) bond motifs is 1. The fourth-order valence-corrected chi connectivity index (χ4v) is 3.36. The summed E-state index contributed by atoms with van der Waals surface area (Å²) in [5, 5.41) is 13.2. The molecule has 6 nitrogen and oxygen atoms in total. The third-order valence-electron chi connectivity index (χ3n) is 4.64. The zero-order valence-corrected chi connectivity index (χ0v) is 16.6. The monoisotopic (exact) mass is 416 g/mol. The number of hydrogen-bond acceptors (Lipinski definition) is 5. The molecule has 0 aliphatic rings. The Bertz CT molecular complexity index is 1280. The number of para-hydroxylation sites is 1. The van der Waals surface area contributed by atoms with Gasteiger partial charge >= 0.3 is 6.01 Å². The van der Waals surface area contributed by atoms with Crippen LogP contribution in [-0.2, 0) is 6.61 Å². The molecule has 0 radical (unpaired) electrons. The zero-order valence-electron chi connectivity index (χ0n) is 15.8. The smallest absolute Gasteiger partial charge is 0.320 e. The number of ether oxygens (including phenoxy) is 1. The van der Waals surface area contributed by atoms with Crippen LogP contribution >= 0.6 is 11.6 Å². The van der Waals surface area contributed by atoms with E-state index in [-0.39, 0.29) is 6.61 Å². The highest BCUT2D eigenvalue weighted by molar-refractivity contribution is 6.30. The first kappa shape index (κ1) is 18.3. The van der Waals surface area contributed by atoms with Gasteiger partial charge in [-0.2, -0.15) is 0 Å². The number of nitrogens with zero attached hydrogens (tertiary/aromatic N) is 2. The van der Waals surface area contributed by atoms with Crippen LogP contribution in [0.15, 0.2) is 83.3 Å². The molecule has 5 rings (SSSR count). The summed E-state index contributed by atoms with van der Waals surface area (Å²) in [6, 6.07) is 25.6. The van der Waals surface area contributed by atoms with Crippen molar-refractivity contribution in [2.75, 3.05) is 5.32 Å². The number of hydrogen-bond donors (Lipinski definition) is 2.